The van der Waals surface area contributed by atoms with Crippen LogP contribution in [0.4, 0.5) is 18.9 Å². The minimum Gasteiger partial charge on any atom is -0.397 e. The molecule has 23 heavy (non-hydrogen) atoms. The van der Waals surface area contributed by atoms with Crippen molar-refractivity contribution in [2.24, 2.45) is 0 Å². The summed E-state index contributed by atoms with van der Waals surface area (Å²) in [6.07, 6.45) is -4.85. The zero-order valence-electron chi connectivity index (χ0n) is 12.6. The number of pyridine rings is 1. The molecule has 9 heteroatoms. The zero-order chi connectivity index (χ0) is 17.3. The number of hydrogen-bond donors (Lipinski definition) is 1. The first-order valence-corrected chi connectivity index (χ1v) is 8.44. The predicted molar refractivity (Wildman–Crippen MR) is 81.6 cm³/mol. The van der Waals surface area contributed by atoms with E-state index in [-0.39, 0.29) is 29.8 Å². The Morgan fingerprint density at radius 2 is 1.74 bits per heavy atom. The van der Waals surface area contributed by atoms with Gasteiger partial charge in [-0.3, -0.25) is 4.57 Å². The Bertz CT molecular complexity index is 755. The van der Waals surface area contributed by atoms with E-state index >= 15 is 0 Å². The number of fused-ring (bicyclic) bond motifs is 1. The van der Waals surface area contributed by atoms with Gasteiger partial charge >= 0.3 is 13.8 Å². The maximum absolute atomic E-state index is 13.4. The Hall–Kier alpha value is -1.63. The standard InChI is InChI=1S/C14H16F3N2O3P/c1-3-21-23(20,22-4-2)12-11(18)9-7-5-6-8-10(9)19-13(12)14(15,16)17/h5-8H,3-4H2,1-2H3,(H2,18,19). The second kappa shape index (κ2) is 6.47. The molecular formula is C14H16F3N2O3P. The van der Waals surface area contributed by atoms with Crippen molar-refractivity contribution in [2.75, 3.05) is 18.9 Å². The van der Waals surface area contributed by atoms with Crippen molar-refractivity contribution in [3.8, 4) is 0 Å². The minimum atomic E-state index is -4.85. The summed E-state index contributed by atoms with van der Waals surface area (Å²) in [5.41, 5.74) is 4.30. The number of nitrogens with two attached hydrogens (primary N) is 1. The van der Waals surface area contributed by atoms with Crippen LogP contribution >= 0.6 is 7.60 Å². The average molecular weight is 348 g/mol. The van der Waals surface area contributed by atoms with E-state index in [9.17, 15) is 17.7 Å². The fraction of sp³-hybridized carbons (Fsp3) is 0.357. The minimum absolute atomic E-state index is 0.0561. The summed E-state index contributed by atoms with van der Waals surface area (Å²) in [5, 5.41) is -0.470. The third kappa shape index (κ3) is 3.34. The number of para-hydroxylation sites is 1. The molecule has 5 nitrogen and oxygen atoms in total. The second-order valence-corrected chi connectivity index (χ2v) is 6.53. The van der Waals surface area contributed by atoms with Gasteiger partial charge < -0.3 is 14.8 Å². The topological polar surface area (TPSA) is 74.4 Å². The van der Waals surface area contributed by atoms with Gasteiger partial charge in [-0.2, -0.15) is 13.2 Å². The number of nitrogen functional groups attached to an aromatic ring is 1. The Labute approximate surface area is 131 Å². The van der Waals surface area contributed by atoms with E-state index in [0.717, 1.165) is 0 Å². The van der Waals surface area contributed by atoms with E-state index in [2.05, 4.69) is 4.98 Å². The van der Waals surface area contributed by atoms with Crippen LogP contribution in [0.25, 0.3) is 10.9 Å². The van der Waals surface area contributed by atoms with Crippen molar-refractivity contribution in [3.05, 3.63) is 30.0 Å². The second-order valence-electron chi connectivity index (χ2n) is 4.57. The van der Waals surface area contributed by atoms with E-state index < -0.39 is 24.8 Å². The highest BCUT2D eigenvalue weighted by molar-refractivity contribution is 7.62. The molecule has 0 saturated carbocycles. The highest BCUT2D eigenvalue weighted by Gasteiger charge is 2.44. The van der Waals surface area contributed by atoms with Gasteiger partial charge in [-0.25, -0.2) is 4.98 Å². The largest absolute Gasteiger partial charge is 0.434 e. The number of aromatic nitrogens is 1. The van der Waals surface area contributed by atoms with Crippen LogP contribution in [-0.2, 0) is 19.8 Å². The van der Waals surface area contributed by atoms with Gasteiger partial charge in [-0.1, -0.05) is 18.2 Å². The highest BCUT2D eigenvalue weighted by atomic mass is 31.2. The summed E-state index contributed by atoms with van der Waals surface area (Å²) in [7, 11) is -4.26. The van der Waals surface area contributed by atoms with Crippen molar-refractivity contribution in [1.82, 2.24) is 4.98 Å². The third-order valence-corrected chi connectivity index (χ3v) is 5.24. The van der Waals surface area contributed by atoms with E-state index in [4.69, 9.17) is 14.8 Å². The monoisotopic (exact) mass is 348 g/mol. The van der Waals surface area contributed by atoms with Gasteiger partial charge in [0.1, 0.15) is 5.30 Å². The SMILES string of the molecule is CCOP(=O)(OCC)c1c(C(F)(F)F)nc2ccccc2c1N. The van der Waals surface area contributed by atoms with E-state index in [1.807, 2.05) is 0 Å². The summed E-state index contributed by atoms with van der Waals surface area (Å²) in [6.45, 7) is 2.81. The number of rotatable bonds is 5. The van der Waals surface area contributed by atoms with Gasteiger partial charge in [-0.15, -0.1) is 0 Å². The molecule has 0 unspecified atom stereocenters. The van der Waals surface area contributed by atoms with Crippen LogP contribution in [0.5, 0.6) is 0 Å². The quantitative estimate of drug-likeness (QED) is 0.834. The Morgan fingerprint density at radius 3 is 2.26 bits per heavy atom. The number of alkyl halides is 3. The predicted octanol–water partition coefficient (Wildman–Crippen LogP) is 3.73. The van der Waals surface area contributed by atoms with Gasteiger partial charge in [0.25, 0.3) is 0 Å². The molecule has 126 valence electrons. The van der Waals surface area contributed by atoms with Crippen LogP contribution in [0.15, 0.2) is 24.3 Å². The molecule has 0 aliphatic carbocycles. The van der Waals surface area contributed by atoms with Gasteiger partial charge in [0.2, 0.25) is 0 Å². The number of anilines is 1. The molecule has 1 aromatic heterocycles. The molecule has 1 heterocycles. The summed E-state index contributed by atoms with van der Waals surface area (Å²) in [6, 6.07) is 6.05. The maximum atomic E-state index is 13.4. The average Bonchev–Trinajstić information content (AvgIpc) is 2.46. The zero-order valence-corrected chi connectivity index (χ0v) is 13.4. The van der Waals surface area contributed by atoms with Crippen molar-refractivity contribution in [3.63, 3.8) is 0 Å². The Morgan fingerprint density at radius 1 is 1.17 bits per heavy atom. The van der Waals surface area contributed by atoms with Crippen LogP contribution in [0.2, 0.25) is 0 Å². The van der Waals surface area contributed by atoms with Crippen molar-refractivity contribution >= 4 is 29.5 Å². The summed E-state index contributed by atoms with van der Waals surface area (Å²) in [5.74, 6) is 0. The summed E-state index contributed by atoms with van der Waals surface area (Å²) >= 11 is 0. The van der Waals surface area contributed by atoms with Crippen LogP contribution in [0.1, 0.15) is 19.5 Å². The van der Waals surface area contributed by atoms with Crippen LogP contribution < -0.4 is 11.0 Å². The Balaban J connectivity index is 2.88. The maximum Gasteiger partial charge on any atom is 0.434 e. The number of benzene rings is 1. The molecule has 2 aromatic rings. The van der Waals surface area contributed by atoms with E-state index in [1.54, 1.807) is 12.1 Å². The molecule has 2 N–H and O–H groups in total. The Kier molecular flexibility index (Phi) is 4.98. The molecule has 0 aliphatic rings. The lowest BCUT2D eigenvalue weighted by Gasteiger charge is -2.23. The molecule has 0 fully saturated rings. The van der Waals surface area contributed by atoms with Gasteiger partial charge in [-0.05, 0) is 19.9 Å². The molecule has 0 bridgehead atoms. The van der Waals surface area contributed by atoms with E-state index in [1.165, 1.54) is 26.0 Å². The molecule has 0 atom stereocenters. The lowest BCUT2D eigenvalue weighted by atomic mass is 10.1. The van der Waals surface area contributed by atoms with Gasteiger partial charge in [0.15, 0.2) is 5.69 Å². The van der Waals surface area contributed by atoms with Crippen LogP contribution in [-0.4, -0.2) is 18.2 Å². The molecule has 2 rings (SSSR count). The molecule has 0 amide bonds. The fourth-order valence-electron chi connectivity index (χ4n) is 2.21. The van der Waals surface area contributed by atoms with Crippen LogP contribution in [0, 0.1) is 0 Å². The van der Waals surface area contributed by atoms with E-state index in [0.29, 0.717) is 0 Å². The van der Waals surface area contributed by atoms with Crippen molar-refractivity contribution in [1.29, 1.82) is 0 Å². The fourth-order valence-corrected chi connectivity index (χ4v) is 4.07. The molecule has 0 aliphatic heterocycles. The normalized spacial score (nSPS) is 12.7. The highest BCUT2D eigenvalue weighted by Crippen LogP contribution is 2.52. The first-order valence-electron chi connectivity index (χ1n) is 6.89. The number of nitrogens with zero attached hydrogens (tertiary/aromatic N) is 1. The number of hydrogen-bond acceptors (Lipinski definition) is 5. The molecule has 0 saturated heterocycles. The first kappa shape index (κ1) is 17.7. The van der Waals surface area contributed by atoms with Crippen molar-refractivity contribution < 1.29 is 26.8 Å². The summed E-state index contributed by atoms with van der Waals surface area (Å²) in [4.78, 5) is 3.60. The van der Waals surface area contributed by atoms with Crippen LogP contribution in [0.3, 0.4) is 0 Å². The van der Waals surface area contributed by atoms with Gasteiger partial charge in [0.05, 0.1) is 24.4 Å². The first-order chi connectivity index (χ1) is 10.7. The smallest absolute Gasteiger partial charge is 0.397 e. The molecule has 0 spiro atoms. The lowest BCUT2D eigenvalue weighted by molar-refractivity contribution is -0.140. The third-order valence-electron chi connectivity index (χ3n) is 3.05. The number of halogens is 3. The summed E-state index contributed by atoms with van der Waals surface area (Å²) < 4.78 is 63.2. The van der Waals surface area contributed by atoms with Crippen molar-refractivity contribution in [2.45, 2.75) is 20.0 Å². The molecule has 0 radical (unpaired) electrons. The van der Waals surface area contributed by atoms with Gasteiger partial charge in [0, 0.05) is 5.39 Å². The lowest BCUT2D eigenvalue weighted by Crippen LogP contribution is -2.27. The molecule has 1 aromatic carbocycles. The molecular weight excluding hydrogens is 332 g/mol.